The molecule has 7 heteroatoms. The first kappa shape index (κ1) is 19.5. The summed E-state index contributed by atoms with van der Waals surface area (Å²) < 4.78 is 70.8. The van der Waals surface area contributed by atoms with Crippen LogP contribution in [0, 0.1) is 18.8 Å². The van der Waals surface area contributed by atoms with E-state index in [1.807, 2.05) is 6.92 Å². The van der Waals surface area contributed by atoms with Gasteiger partial charge in [0.2, 0.25) is 0 Å². The van der Waals surface area contributed by atoms with Crippen molar-refractivity contribution in [2.24, 2.45) is 11.8 Å². The van der Waals surface area contributed by atoms with Crippen molar-refractivity contribution in [1.82, 2.24) is 0 Å². The normalized spacial score (nSPS) is 27.3. The number of alkyl halides is 3. The van der Waals surface area contributed by atoms with Crippen LogP contribution in [0.4, 0.5) is 13.2 Å². The van der Waals surface area contributed by atoms with E-state index < -0.39 is 27.5 Å². The minimum absolute atomic E-state index is 0.0190. The summed E-state index contributed by atoms with van der Waals surface area (Å²) in [6.07, 6.45) is -1.18. The van der Waals surface area contributed by atoms with Gasteiger partial charge in [0.1, 0.15) is 5.60 Å². The summed E-state index contributed by atoms with van der Waals surface area (Å²) in [6.45, 7) is 1.86. The highest BCUT2D eigenvalue weighted by Crippen LogP contribution is 2.60. The summed E-state index contributed by atoms with van der Waals surface area (Å²) in [5, 5.41) is 0. The zero-order valence-electron chi connectivity index (χ0n) is 15.4. The fourth-order valence-electron chi connectivity index (χ4n) is 4.79. The first-order valence-corrected chi connectivity index (χ1v) is 10.7. The topological polar surface area (TPSA) is 43.4 Å². The van der Waals surface area contributed by atoms with Crippen molar-refractivity contribution in [1.29, 1.82) is 0 Å². The average molecular weight is 410 g/mol. The smallest absolute Gasteiger partial charge is 0.254 e. The Bertz CT molecular complexity index is 943. The minimum atomic E-state index is -4.44. The van der Waals surface area contributed by atoms with Crippen LogP contribution in [-0.4, -0.2) is 8.42 Å². The van der Waals surface area contributed by atoms with Crippen LogP contribution < -0.4 is 0 Å². The molecule has 2 aromatic carbocycles. The van der Waals surface area contributed by atoms with Gasteiger partial charge in [-0.2, -0.15) is 21.6 Å². The van der Waals surface area contributed by atoms with E-state index in [-0.39, 0.29) is 16.7 Å². The van der Waals surface area contributed by atoms with Crippen molar-refractivity contribution in [3.8, 4) is 0 Å². The van der Waals surface area contributed by atoms with Crippen molar-refractivity contribution in [3.63, 3.8) is 0 Å². The van der Waals surface area contributed by atoms with Gasteiger partial charge in [-0.15, -0.1) is 0 Å². The lowest BCUT2D eigenvalue weighted by Gasteiger charge is -2.34. The Balaban J connectivity index is 1.76. The molecular weight excluding hydrogens is 389 g/mol. The van der Waals surface area contributed by atoms with E-state index in [4.69, 9.17) is 4.18 Å². The van der Waals surface area contributed by atoms with E-state index in [1.54, 1.807) is 12.1 Å². The highest BCUT2D eigenvalue weighted by Gasteiger charge is 2.59. The van der Waals surface area contributed by atoms with Crippen LogP contribution >= 0.6 is 0 Å². The molecule has 0 N–H and O–H groups in total. The lowest BCUT2D eigenvalue weighted by molar-refractivity contribution is -0.137. The molecule has 0 unspecified atom stereocenters. The fraction of sp³-hybridized carbons (Fsp3) is 0.429. The quantitative estimate of drug-likeness (QED) is 0.631. The molecule has 150 valence electrons. The Morgan fingerprint density at radius 3 is 1.86 bits per heavy atom. The Kier molecular flexibility index (Phi) is 4.58. The van der Waals surface area contributed by atoms with Gasteiger partial charge in [0.25, 0.3) is 10.1 Å². The number of fused-ring (bicyclic) bond motifs is 2. The van der Waals surface area contributed by atoms with Crippen molar-refractivity contribution in [3.05, 3.63) is 65.2 Å². The molecule has 2 aromatic rings. The van der Waals surface area contributed by atoms with Crippen LogP contribution in [0.25, 0.3) is 0 Å². The monoisotopic (exact) mass is 410 g/mol. The van der Waals surface area contributed by atoms with E-state index in [0.29, 0.717) is 5.56 Å². The van der Waals surface area contributed by atoms with Crippen LogP contribution in [0.15, 0.2) is 53.4 Å². The Hall–Kier alpha value is -1.86. The van der Waals surface area contributed by atoms with Gasteiger partial charge in [-0.1, -0.05) is 29.8 Å². The number of benzene rings is 2. The van der Waals surface area contributed by atoms with Crippen LogP contribution in [-0.2, 0) is 26.1 Å². The van der Waals surface area contributed by atoms with E-state index in [1.165, 1.54) is 24.3 Å². The predicted octanol–water partition coefficient (Wildman–Crippen LogP) is 5.43. The third kappa shape index (κ3) is 3.14. The zero-order valence-corrected chi connectivity index (χ0v) is 16.2. The fourth-order valence-corrected chi connectivity index (χ4v) is 6.09. The summed E-state index contributed by atoms with van der Waals surface area (Å²) in [6, 6.07) is 11.2. The maximum absolute atomic E-state index is 13.0. The second-order valence-corrected chi connectivity index (χ2v) is 9.31. The molecule has 2 saturated carbocycles. The molecule has 2 bridgehead atoms. The van der Waals surface area contributed by atoms with Crippen molar-refractivity contribution in [2.45, 2.75) is 49.3 Å². The van der Waals surface area contributed by atoms with Gasteiger partial charge in [0.05, 0.1) is 10.5 Å². The summed E-state index contributed by atoms with van der Waals surface area (Å²) >= 11 is 0. The number of hydrogen-bond donors (Lipinski definition) is 0. The molecule has 0 spiro atoms. The lowest BCUT2D eigenvalue weighted by atomic mass is 9.84. The highest BCUT2D eigenvalue weighted by molar-refractivity contribution is 7.86. The molecule has 2 aliphatic rings. The molecule has 0 saturated heterocycles. The Labute approximate surface area is 162 Å². The third-order valence-electron chi connectivity index (χ3n) is 6.16. The Morgan fingerprint density at radius 1 is 0.893 bits per heavy atom. The van der Waals surface area contributed by atoms with Gasteiger partial charge in [-0.3, -0.25) is 4.18 Å². The molecule has 0 radical (unpaired) electrons. The molecule has 4 rings (SSSR count). The summed E-state index contributed by atoms with van der Waals surface area (Å²) in [4.78, 5) is 0.0655. The van der Waals surface area contributed by atoms with E-state index in [0.717, 1.165) is 43.4 Å². The van der Waals surface area contributed by atoms with Gasteiger partial charge in [-0.05, 0) is 74.3 Å². The van der Waals surface area contributed by atoms with E-state index in [9.17, 15) is 21.6 Å². The van der Waals surface area contributed by atoms with Crippen molar-refractivity contribution >= 4 is 10.1 Å². The summed E-state index contributed by atoms with van der Waals surface area (Å²) in [5.41, 5.74) is -0.398. The molecule has 3 nitrogen and oxygen atoms in total. The maximum atomic E-state index is 13.0. The summed E-state index contributed by atoms with van der Waals surface area (Å²) in [7, 11) is -4.05. The molecule has 28 heavy (non-hydrogen) atoms. The van der Waals surface area contributed by atoms with Gasteiger partial charge < -0.3 is 0 Å². The van der Waals surface area contributed by atoms with Crippen LogP contribution in [0.3, 0.4) is 0 Å². The van der Waals surface area contributed by atoms with Crippen LogP contribution in [0.5, 0.6) is 0 Å². The van der Waals surface area contributed by atoms with E-state index in [2.05, 4.69) is 0 Å². The molecule has 0 atom stereocenters. The van der Waals surface area contributed by atoms with E-state index >= 15 is 0 Å². The average Bonchev–Trinajstić information content (AvgIpc) is 3.16. The molecule has 0 aliphatic heterocycles. The third-order valence-corrected chi connectivity index (χ3v) is 7.51. The molecule has 0 aromatic heterocycles. The van der Waals surface area contributed by atoms with Crippen LogP contribution in [0.2, 0.25) is 0 Å². The number of rotatable bonds is 4. The van der Waals surface area contributed by atoms with Crippen LogP contribution in [0.1, 0.15) is 42.4 Å². The zero-order chi connectivity index (χ0) is 20.2. The number of halogens is 3. The SMILES string of the molecule is Cc1ccc(S(=O)(=O)OC2(c3ccc(C(F)(F)F)cc3)C3CCC2CC3)cc1. The molecular formula is C21H21F3O3S. The number of hydrogen-bond acceptors (Lipinski definition) is 3. The van der Waals surface area contributed by atoms with Gasteiger partial charge in [0.15, 0.2) is 0 Å². The highest BCUT2D eigenvalue weighted by atomic mass is 32.2. The number of aryl methyl sites for hydroxylation is 1. The second-order valence-electron chi connectivity index (χ2n) is 7.77. The first-order valence-electron chi connectivity index (χ1n) is 9.33. The molecule has 0 heterocycles. The van der Waals surface area contributed by atoms with Gasteiger partial charge in [-0.25, -0.2) is 0 Å². The maximum Gasteiger partial charge on any atom is 0.416 e. The van der Waals surface area contributed by atoms with Crippen molar-refractivity contribution in [2.75, 3.05) is 0 Å². The lowest BCUT2D eigenvalue weighted by Crippen LogP contribution is -2.37. The summed E-state index contributed by atoms with van der Waals surface area (Å²) in [5.74, 6) is -0.0380. The van der Waals surface area contributed by atoms with Gasteiger partial charge >= 0.3 is 6.18 Å². The molecule has 2 fully saturated rings. The standard InChI is InChI=1S/C21H21F3O3S/c1-14-2-12-19(13-3-14)28(25,26)27-20(15-4-5-16(20)7-6-15)17-8-10-18(11-9-17)21(22,23)24/h2-3,8-13,15-16H,4-7H2,1H3. The largest absolute Gasteiger partial charge is 0.416 e. The molecule has 0 amide bonds. The minimum Gasteiger partial charge on any atom is -0.254 e. The molecule has 2 aliphatic carbocycles. The predicted molar refractivity (Wildman–Crippen MR) is 98.0 cm³/mol. The van der Waals surface area contributed by atoms with Gasteiger partial charge in [0, 0.05) is 0 Å². The Morgan fingerprint density at radius 2 is 1.39 bits per heavy atom. The van der Waals surface area contributed by atoms with Crippen molar-refractivity contribution < 1.29 is 25.8 Å². The second kappa shape index (κ2) is 6.59. The first-order chi connectivity index (χ1) is 13.1.